The lowest BCUT2D eigenvalue weighted by molar-refractivity contribution is 0.0959. The summed E-state index contributed by atoms with van der Waals surface area (Å²) in [6.45, 7) is 3.91. The summed E-state index contributed by atoms with van der Waals surface area (Å²) in [5, 5.41) is 5.98. The van der Waals surface area contributed by atoms with Gasteiger partial charge < -0.3 is 0 Å². The predicted molar refractivity (Wildman–Crippen MR) is 75.2 cm³/mol. The molecule has 1 N–H and O–H groups in total. The van der Waals surface area contributed by atoms with E-state index in [0.29, 0.717) is 4.88 Å². The van der Waals surface area contributed by atoms with Gasteiger partial charge in [-0.3, -0.25) is 4.79 Å². The van der Waals surface area contributed by atoms with Crippen LogP contribution in [0.5, 0.6) is 0 Å². The number of amides is 1. The highest BCUT2D eigenvalue weighted by molar-refractivity contribution is 7.12. The van der Waals surface area contributed by atoms with Crippen LogP contribution < -0.4 is 5.43 Å². The quantitative estimate of drug-likeness (QED) is 0.666. The molecule has 1 aromatic heterocycles. The van der Waals surface area contributed by atoms with Crippen LogP contribution in [0.25, 0.3) is 0 Å². The molecule has 2 rings (SSSR count). The predicted octanol–water partition coefficient (Wildman–Crippen LogP) is 3.21. The molecule has 3 nitrogen and oxygen atoms in total. The number of aryl methyl sites for hydroxylation is 1. The number of hydrogen-bond donors (Lipinski definition) is 1. The molecule has 0 saturated heterocycles. The third kappa shape index (κ3) is 3.05. The molecule has 18 heavy (non-hydrogen) atoms. The van der Waals surface area contributed by atoms with Crippen molar-refractivity contribution in [2.24, 2.45) is 5.10 Å². The van der Waals surface area contributed by atoms with Crippen molar-refractivity contribution in [3.8, 4) is 0 Å². The SMILES string of the molecule is C/C(=N\NC(=O)c1cccs1)c1cccc(C)c1. The van der Waals surface area contributed by atoms with E-state index in [9.17, 15) is 4.79 Å². The van der Waals surface area contributed by atoms with E-state index in [1.807, 2.05) is 49.6 Å². The van der Waals surface area contributed by atoms with Gasteiger partial charge in [0.15, 0.2) is 0 Å². The van der Waals surface area contributed by atoms with E-state index in [1.165, 1.54) is 16.9 Å². The molecule has 1 heterocycles. The van der Waals surface area contributed by atoms with Crippen LogP contribution in [0.3, 0.4) is 0 Å². The largest absolute Gasteiger partial charge is 0.281 e. The van der Waals surface area contributed by atoms with Crippen molar-refractivity contribution in [3.05, 3.63) is 57.8 Å². The van der Waals surface area contributed by atoms with Gasteiger partial charge in [-0.05, 0) is 30.9 Å². The highest BCUT2D eigenvalue weighted by Gasteiger charge is 2.05. The summed E-state index contributed by atoms with van der Waals surface area (Å²) < 4.78 is 0. The van der Waals surface area contributed by atoms with Gasteiger partial charge in [-0.2, -0.15) is 5.10 Å². The van der Waals surface area contributed by atoms with Gasteiger partial charge in [0.2, 0.25) is 0 Å². The third-order valence-electron chi connectivity index (χ3n) is 2.51. The molecular weight excluding hydrogens is 244 g/mol. The maximum Gasteiger partial charge on any atom is 0.281 e. The summed E-state index contributed by atoms with van der Waals surface area (Å²) in [5.74, 6) is -0.169. The lowest BCUT2D eigenvalue weighted by Crippen LogP contribution is -2.18. The van der Waals surface area contributed by atoms with Gasteiger partial charge in [0.25, 0.3) is 5.91 Å². The van der Waals surface area contributed by atoms with Crippen molar-refractivity contribution >= 4 is 23.0 Å². The number of carbonyl (C=O) groups is 1. The number of nitrogens with one attached hydrogen (secondary N) is 1. The van der Waals surface area contributed by atoms with E-state index in [2.05, 4.69) is 10.5 Å². The minimum atomic E-state index is -0.169. The van der Waals surface area contributed by atoms with Crippen LogP contribution in [-0.2, 0) is 0 Å². The lowest BCUT2D eigenvalue weighted by Gasteiger charge is -2.02. The lowest BCUT2D eigenvalue weighted by atomic mass is 10.1. The molecule has 1 aromatic carbocycles. The van der Waals surface area contributed by atoms with Crippen LogP contribution in [0.15, 0.2) is 46.9 Å². The van der Waals surface area contributed by atoms with Crippen LogP contribution >= 0.6 is 11.3 Å². The maximum atomic E-state index is 11.7. The molecule has 0 spiro atoms. The van der Waals surface area contributed by atoms with E-state index in [1.54, 1.807) is 6.07 Å². The zero-order valence-corrected chi connectivity index (χ0v) is 11.1. The van der Waals surface area contributed by atoms with Gasteiger partial charge in [0.1, 0.15) is 0 Å². The average molecular weight is 258 g/mol. The fourth-order valence-corrected chi connectivity index (χ4v) is 2.15. The summed E-state index contributed by atoms with van der Waals surface area (Å²) in [7, 11) is 0. The van der Waals surface area contributed by atoms with Gasteiger partial charge in [-0.25, -0.2) is 5.43 Å². The fraction of sp³-hybridized carbons (Fsp3) is 0.143. The van der Waals surface area contributed by atoms with E-state index >= 15 is 0 Å². The van der Waals surface area contributed by atoms with E-state index in [4.69, 9.17) is 0 Å². The maximum absolute atomic E-state index is 11.7. The second-order valence-electron chi connectivity index (χ2n) is 3.98. The minimum Gasteiger partial charge on any atom is -0.266 e. The average Bonchev–Trinajstić information content (AvgIpc) is 2.89. The zero-order chi connectivity index (χ0) is 13.0. The Labute approximate surface area is 110 Å². The van der Waals surface area contributed by atoms with Crippen LogP contribution in [0.1, 0.15) is 27.7 Å². The van der Waals surface area contributed by atoms with Crippen molar-refractivity contribution in [1.29, 1.82) is 0 Å². The molecule has 2 aromatic rings. The number of benzene rings is 1. The van der Waals surface area contributed by atoms with E-state index in [0.717, 1.165) is 11.3 Å². The molecule has 0 radical (unpaired) electrons. The summed E-state index contributed by atoms with van der Waals surface area (Å²) in [4.78, 5) is 12.4. The van der Waals surface area contributed by atoms with Crippen LogP contribution in [0, 0.1) is 6.92 Å². The molecule has 0 aliphatic carbocycles. The first kappa shape index (κ1) is 12.5. The van der Waals surface area contributed by atoms with Crippen LogP contribution in [-0.4, -0.2) is 11.6 Å². The molecule has 4 heteroatoms. The molecule has 0 saturated carbocycles. The van der Waals surface area contributed by atoms with Crippen molar-refractivity contribution in [2.75, 3.05) is 0 Å². The first-order valence-electron chi connectivity index (χ1n) is 5.62. The van der Waals surface area contributed by atoms with Gasteiger partial charge in [0, 0.05) is 0 Å². The Morgan fingerprint density at radius 2 is 2.11 bits per heavy atom. The van der Waals surface area contributed by atoms with Gasteiger partial charge in [-0.15, -0.1) is 11.3 Å². The number of hydrogen-bond acceptors (Lipinski definition) is 3. The van der Waals surface area contributed by atoms with Crippen LogP contribution in [0.4, 0.5) is 0 Å². The molecule has 0 aliphatic rings. The normalized spacial score (nSPS) is 11.3. The summed E-state index contributed by atoms with van der Waals surface area (Å²) in [6, 6.07) is 11.6. The van der Waals surface area contributed by atoms with E-state index in [-0.39, 0.29) is 5.91 Å². The number of carbonyl (C=O) groups excluding carboxylic acids is 1. The van der Waals surface area contributed by atoms with E-state index < -0.39 is 0 Å². The molecule has 0 fully saturated rings. The number of rotatable bonds is 3. The third-order valence-corrected chi connectivity index (χ3v) is 3.37. The summed E-state index contributed by atoms with van der Waals surface area (Å²) in [6.07, 6.45) is 0. The molecule has 0 atom stereocenters. The summed E-state index contributed by atoms with van der Waals surface area (Å²) in [5.41, 5.74) is 5.55. The standard InChI is InChI=1S/C14H14N2OS/c1-10-5-3-6-12(9-10)11(2)15-16-14(17)13-7-4-8-18-13/h3-9H,1-2H3,(H,16,17)/b15-11+. The second kappa shape index (κ2) is 5.60. The monoisotopic (exact) mass is 258 g/mol. The Hall–Kier alpha value is -1.94. The second-order valence-corrected chi connectivity index (χ2v) is 4.93. The summed E-state index contributed by atoms with van der Waals surface area (Å²) >= 11 is 1.40. The zero-order valence-electron chi connectivity index (χ0n) is 10.3. The molecular formula is C14H14N2OS. The van der Waals surface area contributed by atoms with Crippen molar-refractivity contribution in [1.82, 2.24) is 5.43 Å². The highest BCUT2D eigenvalue weighted by atomic mass is 32.1. The number of nitrogens with zero attached hydrogens (tertiary/aromatic N) is 1. The van der Waals surface area contributed by atoms with Gasteiger partial charge in [-0.1, -0.05) is 35.9 Å². The first-order valence-corrected chi connectivity index (χ1v) is 6.50. The Kier molecular flexibility index (Phi) is 3.89. The Balaban J connectivity index is 2.08. The fourth-order valence-electron chi connectivity index (χ4n) is 1.53. The molecule has 92 valence electrons. The molecule has 1 amide bonds. The van der Waals surface area contributed by atoms with Gasteiger partial charge in [0.05, 0.1) is 10.6 Å². The van der Waals surface area contributed by atoms with Gasteiger partial charge >= 0.3 is 0 Å². The first-order chi connectivity index (χ1) is 8.66. The topological polar surface area (TPSA) is 41.5 Å². The highest BCUT2D eigenvalue weighted by Crippen LogP contribution is 2.08. The Bertz CT molecular complexity index is 573. The Morgan fingerprint density at radius 1 is 1.28 bits per heavy atom. The van der Waals surface area contributed by atoms with Crippen molar-refractivity contribution in [3.63, 3.8) is 0 Å². The number of thiophene rings is 1. The van der Waals surface area contributed by atoms with Crippen molar-refractivity contribution < 1.29 is 4.79 Å². The van der Waals surface area contributed by atoms with Crippen molar-refractivity contribution in [2.45, 2.75) is 13.8 Å². The Morgan fingerprint density at radius 3 is 2.78 bits per heavy atom. The smallest absolute Gasteiger partial charge is 0.266 e. The molecule has 0 bridgehead atoms. The number of hydrazone groups is 1. The minimum absolute atomic E-state index is 0.169. The molecule has 0 aliphatic heterocycles. The van der Waals surface area contributed by atoms with Crippen LogP contribution in [0.2, 0.25) is 0 Å². The molecule has 0 unspecified atom stereocenters.